The molecule has 1 aromatic heterocycles. The smallest absolute Gasteiger partial charge is 0.0860 e. The van der Waals surface area contributed by atoms with Crippen LogP contribution in [0, 0.1) is 6.92 Å². The number of benzene rings is 1. The Morgan fingerprint density at radius 2 is 2.00 bits per heavy atom. The topological polar surface area (TPSA) is 29.9 Å². The SMILES string of the molecule is CCn1nc(C)c(Cl)c1CNCC(Cl)c1ccccc1. The molecule has 0 radical (unpaired) electrons. The van der Waals surface area contributed by atoms with Crippen molar-refractivity contribution in [1.82, 2.24) is 15.1 Å². The van der Waals surface area contributed by atoms with Crippen molar-refractivity contribution < 1.29 is 0 Å². The molecular formula is C15H19Cl2N3. The van der Waals surface area contributed by atoms with Crippen molar-refractivity contribution in [3.8, 4) is 0 Å². The molecule has 0 amide bonds. The van der Waals surface area contributed by atoms with Crippen LogP contribution in [0.4, 0.5) is 0 Å². The van der Waals surface area contributed by atoms with E-state index in [0.29, 0.717) is 13.1 Å². The van der Waals surface area contributed by atoms with Gasteiger partial charge < -0.3 is 5.32 Å². The van der Waals surface area contributed by atoms with E-state index in [1.807, 2.05) is 41.9 Å². The Bertz CT molecular complexity index is 552. The van der Waals surface area contributed by atoms with Crippen molar-refractivity contribution in [2.45, 2.75) is 32.3 Å². The second kappa shape index (κ2) is 7.11. The number of aromatic nitrogens is 2. The molecular weight excluding hydrogens is 293 g/mol. The van der Waals surface area contributed by atoms with Crippen LogP contribution in [0.5, 0.6) is 0 Å². The monoisotopic (exact) mass is 311 g/mol. The molecule has 20 heavy (non-hydrogen) atoms. The van der Waals surface area contributed by atoms with Crippen molar-refractivity contribution in [3.63, 3.8) is 0 Å². The lowest BCUT2D eigenvalue weighted by molar-refractivity contribution is 0.577. The highest BCUT2D eigenvalue weighted by molar-refractivity contribution is 6.31. The van der Waals surface area contributed by atoms with E-state index in [4.69, 9.17) is 23.2 Å². The standard InChI is InChI=1S/C15H19Cl2N3/c1-3-20-14(15(17)11(2)19-20)10-18-9-13(16)12-7-5-4-6-8-12/h4-8,13,18H,3,9-10H2,1-2H3. The van der Waals surface area contributed by atoms with E-state index in [1.54, 1.807) is 0 Å². The number of aryl methyl sites for hydroxylation is 2. The molecule has 5 heteroatoms. The van der Waals surface area contributed by atoms with Crippen molar-refractivity contribution in [3.05, 3.63) is 52.3 Å². The molecule has 2 rings (SSSR count). The van der Waals surface area contributed by atoms with E-state index < -0.39 is 0 Å². The van der Waals surface area contributed by atoms with Crippen LogP contribution in [0.2, 0.25) is 5.02 Å². The van der Waals surface area contributed by atoms with Gasteiger partial charge in [0.2, 0.25) is 0 Å². The van der Waals surface area contributed by atoms with Gasteiger partial charge in [-0.3, -0.25) is 4.68 Å². The van der Waals surface area contributed by atoms with Gasteiger partial charge in [-0.15, -0.1) is 11.6 Å². The number of halogens is 2. The van der Waals surface area contributed by atoms with Gasteiger partial charge >= 0.3 is 0 Å². The normalized spacial score (nSPS) is 12.6. The third-order valence-electron chi connectivity index (χ3n) is 3.23. The second-order valence-electron chi connectivity index (χ2n) is 4.67. The molecule has 0 saturated carbocycles. The number of hydrogen-bond acceptors (Lipinski definition) is 2. The average molecular weight is 312 g/mol. The van der Waals surface area contributed by atoms with Crippen LogP contribution in [0.25, 0.3) is 0 Å². The molecule has 1 atom stereocenters. The average Bonchev–Trinajstić information content (AvgIpc) is 2.75. The Labute approximate surface area is 129 Å². The lowest BCUT2D eigenvalue weighted by atomic mass is 10.1. The largest absolute Gasteiger partial charge is 0.309 e. The molecule has 0 bridgehead atoms. The Morgan fingerprint density at radius 1 is 1.30 bits per heavy atom. The zero-order valence-corrected chi connectivity index (χ0v) is 13.2. The Hall–Kier alpha value is -1.03. The van der Waals surface area contributed by atoms with Gasteiger partial charge in [0.25, 0.3) is 0 Å². The fraction of sp³-hybridized carbons (Fsp3) is 0.400. The first kappa shape index (κ1) is 15.4. The van der Waals surface area contributed by atoms with E-state index in [-0.39, 0.29) is 5.38 Å². The molecule has 0 spiro atoms. The van der Waals surface area contributed by atoms with E-state index in [2.05, 4.69) is 17.3 Å². The maximum absolute atomic E-state index is 6.37. The molecule has 108 valence electrons. The van der Waals surface area contributed by atoms with E-state index in [9.17, 15) is 0 Å². The summed E-state index contributed by atoms with van der Waals surface area (Å²) in [5.41, 5.74) is 3.01. The van der Waals surface area contributed by atoms with Crippen LogP contribution in [0.15, 0.2) is 30.3 Å². The van der Waals surface area contributed by atoms with Gasteiger partial charge in [-0.05, 0) is 19.4 Å². The van der Waals surface area contributed by atoms with Gasteiger partial charge in [-0.1, -0.05) is 41.9 Å². The molecule has 0 aliphatic heterocycles. The lowest BCUT2D eigenvalue weighted by Gasteiger charge is -2.12. The molecule has 1 unspecified atom stereocenters. The highest BCUT2D eigenvalue weighted by atomic mass is 35.5. The predicted molar refractivity (Wildman–Crippen MR) is 84.4 cm³/mol. The summed E-state index contributed by atoms with van der Waals surface area (Å²) in [6.07, 6.45) is 0. The minimum absolute atomic E-state index is 0.0472. The van der Waals surface area contributed by atoms with Crippen LogP contribution in [0.3, 0.4) is 0 Å². The Kier molecular flexibility index (Phi) is 5.46. The van der Waals surface area contributed by atoms with Crippen LogP contribution < -0.4 is 5.32 Å². The summed E-state index contributed by atoms with van der Waals surface area (Å²) in [6, 6.07) is 10.1. The predicted octanol–water partition coefficient (Wildman–Crippen LogP) is 3.93. The fourth-order valence-electron chi connectivity index (χ4n) is 2.13. The third-order valence-corrected chi connectivity index (χ3v) is 4.13. The highest BCUT2D eigenvalue weighted by Crippen LogP contribution is 2.21. The molecule has 0 aliphatic carbocycles. The van der Waals surface area contributed by atoms with Gasteiger partial charge in [0, 0.05) is 19.6 Å². The summed E-state index contributed by atoms with van der Waals surface area (Å²) in [6.45, 7) is 6.15. The van der Waals surface area contributed by atoms with Crippen LogP contribution in [-0.4, -0.2) is 16.3 Å². The van der Waals surface area contributed by atoms with Gasteiger partial charge in [0.15, 0.2) is 0 Å². The molecule has 0 fully saturated rings. The number of hydrogen-bond donors (Lipinski definition) is 1. The Balaban J connectivity index is 1.93. The van der Waals surface area contributed by atoms with Gasteiger partial charge in [-0.2, -0.15) is 5.10 Å². The zero-order chi connectivity index (χ0) is 14.5. The first-order valence-electron chi connectivity index (χ1n) is 6.75. The van der Waals surface area contributed by atoms with Crippen LogP contribution >= 0.6 is 23.2 Å². The molecule has 1 N–H and O–H groups in total. The number of rotatable bonds is 6. The molecule has 3 nitrogen and oxygen atoms in total. The Morgan fingerprint density at radius 3 is 2.65 bits per heavy atom. The van der Waals surface area contributed by atoms with Crippen molar-refractivity contribution in [2.24, 2.45) is 0 Å². The molecule has 2 aromatic rings. The maximum atomic E-state index is 6.37. The van der Waals surface area contributed by atoms with Crippen molar-refractivity contribution in [1.29, 1.82) is 0 Å². The molecule has 0 saturated heterocycles. The van der Waals surface area contributed by atoms with E-state index >= 15 is 0 Å². The van der Waals surface area contributed by atoms with Crippen LogP contribution in [-0.2, 0) is 13.1 Å². The first-order valence-corrected chi connectivity index (χ1v) is 7.56. The lowest BCUT2D eigenvalue weighted by Crippen LogP contribution is -2.21. The van der Waals surface area contributed by atoms with E-state index in [1.165, 1.54) is 0 Å². The maximum Gasteiger partial charge on any atom is 0.0860 e. The van der Waals surface area contributed by atoms with Gasteiger partial charge in [0.05, 0.1) is 21.8 Å². The summed E-state index contributed by atoms with van der Waals surface area (Å²) in [4.78, 5) is 0. The second-order valence-corrected chi connectivity index (χ2v) is 5.58. The molecule has 0 aliphatic rings. The summed E-state index contributed by atoms with van der Waals surface area (Å²) in [5.74, 6) is 0. The van der Waals surface area contributed by atoms with Gasteiger partial charge in [-0.25, -0.2) is 0 Å². The first-order chi connectivity index (χ1) is 9.63. The summed E-state index contributed by atoms with van der Waals surface area (Å²) in [7, 11) is 0. The number of nitrogens with zero attached hydrogens (tertiary/aromatic N) is 2. The molecule has 1 heterocycles. The quantitative estimate of drug-likeness (QED) is 0.819. The highest BCUT2D eigenvalue weighted by Gasteiger charge is 2.13. The minimum atomic E-state index is -0.0472. The van der Waals surface area contributed by atoms with Crippen molar-refractivity contribution in [2.75, 3.05) is 6.54 Å². The van der Waals surface area contributed by atoms with Crippen molar-refractivity contribution >= 4 is 23.2 Å². The summed E-state index contributed by atoms with van der Waals surface area (Å²) >= 11 is 12.6. The van der Waals surface area contributed by atoms with Crippen LogP contribution in [0.1, 0.15) is 29.3 Å². The van der Waals surface area contributed by atoms with Gasteiger partial charge in [0.1, 0.15) is 0 Å². The number of alkyl halides is 1. The fourth-order valence-corrected chi connectivity index (χ4v) is 2.59. The third kappa shape index (κ3) is 3.54. The minimum Gasteiger partial charge on any atom is -0.309 e. The summed E-state index contributed by atoms with van der Waals surface area (Å²) in [5, 5.41) is 8.44. The summed E-state index contributed by atoms with van der Waals surface area (Å²) < 4.78 is 1.93. The van der Waals surface area contributed by atoms with E-state index in [0.717, 1.165) is 28.5 Å². The zero-order valence-electron chi connectivity index (χ0n) is 11.7. The molecule has 1 aromatic carbocycles. The number of nitrogens with one attached hydrogen (secondary N) is 1.